The van der Waals surface area contributed by atoms with E-state index in [2.05, 4.69) is 17.0 Å². The first-order chi connectivity index (χ1) is 18.5. The average Bonchev–Trinajstić information content (AvgIpc) is 2.95. The highest BCUT2D eigenvalue weighted by Crippen LogP contribution is 2.32. The normalized spacial score (nSPS) is 13.7. The fourth-order valence-corrected chi connectivity index (χ4v) is 4.72. The third-order valence-corrected chi connectivity index (χ3v) is 6.85. The van der Waals surface area contributed by atoms with E-state index in [9.17, 15) is 14.7 Å². The number of hydrogen-bond donors (Lipinski definition) is 1. The predicted octanol–water partition coefficient (Wildman–Crippen LogP) is 6.17. The highest BCUT2D eigenvalue weighted by atomic mass is 16.5. The molecule has 4 aromatic rings. The number of anilines is 2. The van der Waals surface area contributed by atoms with Gasteiger partial charge in [-0.05, 0) is 77.7 Å². The van der Waals surface area contributed by atoms with Gasteiger partial charge < -0.3 is 9.84 Å². The second-order valence-corrected chi connectivity index (χ2v) is 9.44. The van der Waals surface area contributed by atoms with Gasteiger partial charge in [0.2, 0.25) is 0 Å². The van der Waals surface area contributed by atoms with E-state index in [4.69, 9.17) is 4.74 Å². The van der Waals surface area contributed by atoms with Gasteiger partial charge >= 0.3 is 5.97 Å². The van der Waals surface area contributed by atoms with Crippen LogP contribution in [0.25, 0.3) is 11.1 Å². The Morgan fingerprint density at radius 3 is 2.08 bits per heavy atom. The van der Waals surface area contributed by atoms with Gasteiger partial charge in [0.05, 0.1) is 18.8 Å². The minimum absolute atomic E-state index is 0.122. The molecule has 0 saturated carbocycles. The quantitative estimate of drug-likeness (QED) is 0.325. The molecule has 192 valence electrons. The number of aryl methyl sites for hydroxylation is 1. The number of hydrogen-bond acceptors (Lipinski definition) is 4. The third-order valence-electron chi connectivity index (χ3n) is 6.85. The minimum atomic E-state index is -0.959. The van der Waals surface area contributed by atoms with Crippen LogP contribution in [-0.4, -0.2) is 48.2 Å². The van der Waals surface area contributed by atoms with Crippen molar-refractivity contribution in [2.45, 2.75) is 13.5 Å². The number of carbonyl (C=O) groups is 2. The topological polar surface area (TPSA) is 70.1 Å². The van der Waals surface area contributed by atoms with E-state index in [-0.39, 0.29) is 11.5 Å². The van der Waals surface area contributed by atoms with Crippen LogP contribution in [0.2, 0.25) is 0 Å². The second-order valence-electron chi connectivity index (χ2n) is 9.44. The number of carbonyl (C=O) groups excluding carboxylic acids is 1. The molecule has 0 radical (unpaired) electrons. The molecule has 1 aliphatic heterocycles. The van der Waals surface area contributed by atoms with Crippen LogP contribution in [0.1, 0.15) is 31.8 Å². The first-order valence-electron chi connectivity index (χ1n) is 12.7. The van der Waals surface area contributed by atoms with Crippen LogP contribution in [0, 0.1) is 6.92 Å². The van der Waals surface area contributed by atoms with Gasteiger partial charge in [-0.2, -0.15) is 0 Å². The Morgan fingerprint density at radius 1 is 0.816 bits per heavy atom. The Kier molecular flexibility index (Phi) is 7.63. The number of rotatable bonds is 7. The highest BCUT2D eigenvalue weighted by molar-refractivity contribution is 6.11. The first-order valence-corrected chi connectivity index (χ1v) is 12.7. The lowest BCUT2D eigenvalue weighted by Crippen LogP contribution is -2.35. The van der Waals surface area contributed by atoms with Crippen molar-refractivity contribution in [2.24, 2.45) is 0 Å². The maximum absolute atomic E-state index is 13.7. The van der Waals surface area contributed by atoms with E-state index < -0.39 is 5.97 Å². The largest absolute Gasteiger partial charge is 0.478 e. The molecule has 1 heterocycles. The number of carboxylic acids is 1. The molecule has 0 spiro atoms. The minimum Gasteiger partial charge on any atom is -0.478 e. The van der Waals surface area contributed by atoms with Crippen LogP contribution in [0.4, 0.5) is 11.4 Å². The lowest BCUT2D eigenvalue weighted by atomic mass is 9.97. The molecule has 4 aromatic carbocycles. The summed E-state index contributed by atoms with van der Waals surface area (Å²) in [6.07, 6.45) is 0. The number of carboxylic acid groups (broad SMARTS) is 1. The standard InChI is InChI=1S/C32H30N2O4/c1-23-7-10-27(32(36)37)21-30(23)25-11-15-29(16-12-25)34(31(35)26-5-3-2-4-6-26)28-13-8-24(9-14-28)22-33-17-19-38-20-18-33/h2-16,21H,17-20,22H2,1H3,(H,36,37). The lowest BCUT2D eigenvalue weighted by molar-refractivity contribution is 0.0342. The van der Waals surface area contributed by atoms with Crippen molar-refractivity contribution in [2.75, 3.05) is 31.2 Å². The molecule has 0 aromatic heterocycles. The van der Waals surface area contributed by atoms with Crippen molar-refractivity contribution in [3.05, 3.63) is 119 Å². The summed E-state index contributed by atoms with van der Waals surface area (Å²) in [6, 6.07) is 30.2. The molecule has 0 unspecified atom stereocenters. The smallest absolute Gasteiger partial charge is 0.335 e. The zero-order chi connectivity index (χ0) is 26.5. The second kappa shape index (κ2) is 11.4. The molecule has 1 aliphatic rings. The van der Waals surface area contributed by atoms with E-state index in [1.54, 1.807) is 17.0 Å². The first kappa shape index (κ1) is 25.4. The molecular formula is C32H30N2O4. The van der Waals surface area contributed by atoms with Crippen LogP contribution in [-0.2, 0) is 11.3 Å². The predicted molar refractivity (Wildman–Crippen MR) is 149 cm³/mol. The Hall–Kier alpha value is -4.26. The molecule has 1 saturated heterocycles. The Morgan fingerprint density at radius 2 is 1.45 bits per heavy atom. The van der Waals surface area contributed by atoms with Crippen molar-refractivity contribution in [1.29, 1.82) is 0 Å². The van der Waals surface area contributed by atoms with Crippen LogP contribution in [0.5, 0.6) is 0 Å². The number of nitrogens with zero attached hydrogens (tertiary/aromatic N) is 2. The fourth-order valence-electron chi connectivity index (χ4n) is 4.72. The van der Waals surface area contributed by atoms with Gasteiger partial charge in [0.25, 0.3) is 5.91 Å². The zero-order valence-corrected chi connectivity index (χ0v) is 21.3. The number of aromatic carboxylic acids is 1. The van der Waals surface area contributed by atoms with Gasteiger partial charge in [-0.3, -0.25) is 14.6 Å². The van der Waals surface area contributed by atoms with Gasteiger partial charge in [0.1, 0.15) is 0 Å². The number of morpholine rings is 1. The number of amides is 1. The summed E-state index contributed by atoms with van der Waals surface area (Å²) in [5, 5.41) is 9.42. The van der Waals surface area contributed by atoms with E-state index in [0.717, 1.165) is 60.9 Å². The molecule has 1 fully saturated rings. The van der Waals surface area contributed by atoms with E-state index in [0.29, 0.717) is 5.56 Å². The van der Waals surface area contributed by atoms with Gasteiger partial charge in [-0.25, -0.2) is 4.79 Å². The lowest BCUT2D eigenvalue weighted by Gasteiger charge is -2.27. The molecule has 6 heteroatoms. The molecule has 0 atom stereocenters. The van der Waals surface area contributed by atoms with Crippen LogP contribution >= 0.6 is 0 Å². The van der Waals surface area contributed by atoms with E-state index in [1.807, 2.05) is 79.7 Å². The Labute approximate surface area is 222 Å². The van der Waals surface area contributed by atoms with Crippen LogP contribution in [0.15, 0.2) is 97.1 Å². The zero-order valence-electron chi connectivity index (χ0n) is 21.3. The van der Waals surface area contributed by atoms with Crippen molar-refractivity contribution in [1.82, 2.24) is 4.90 Å². The van der Waals surface area contributed by atoms with Gasteiger partial charge in [0, 0.05) is 36.6 Å². The van der Waals surface area contributed by atoms with Gasteiger partial charge in [0.15, 0.2) is 0 Å². The number of benzene rings is 4. The molecular weight excluding hydrogens is 476 g/mol. The highest BCUT2D eigenvalue weighted by Gasteiger charge is 2.20. The molecule has 0 bridgehead atoms. The maximum atomic E-state index is 13.7. The van der Waals surface area contributed by atoms with E-state index >= 15 is 0 Å². The molecule has 6 nitrogen and oxygen atoms in total. The van der Waals surface area contributed by atoms with Gasteiger partial charge in [-0.1, -0.05) is 48.5 Å². The monoisotopic (exact) mass is 506 g/mol. The summed E-state index contributed by atoms with van der Waals surface area (Å²) in [4.78, 5) is 29.3. The molecule has 1 amide bonds. The molecule has 1 N–H and O–H groups in total. The summed E-state index contributed by atoms with van der Waals surface area (Å²) in [6.45, 7) is 6.16. The summed E-state index contributed by atoms with van der Waals surface area (Å²) in [5.74, 6) is -1.08. The number of ether oxygens (including phenoxy) is 1. The summed E-state index contributed by atoms with van der Waals surface area (Å²) in [7, 11) is 0. The summed E-state index contributed by atoms with van der Waals surface area (Å²) in [5.41, 5.74) is 6.26. The van der Waals surface area contributed by atoms with Crippen molar-refractivity contribution in [3.63, 3.8) is 0 Å². The fraction of sp³-hybridized carbons (Fsp3) is 0.188. The Bertz CT molecular complexity index is 1410. The molecule has 5 rings (SSSR count). The molecule has 38 heavy (non-hydrogen) atoms. The van der Waals surface area contributed by atoms with Crippen LogP contribution in [0.3, 0.4) is 0 Å². The SMILES string of the molecule is Cc1ccc(C(=O)O)cc1-c1ccc(N(C(=O)c2ccccc2)c2ccc(CN3CCOCC3)cc2)cc1. The third kappa shape index (κ3) is 5.67. The Balaban J connectivity index is 1.47. The van der Waals surface area contributed by atoms with Crippen molar-refractivity contribution >= 4 is 23.3 Å². The summed E-state index contributed by atoms with van der Waals surface area (Å²) >= 11 is 0. The van der Waals surface area contributed by atoms with Crippen molar-refractivity contribution < 1.29 is 19.4 Å². The maximum Gasteiger partial charge on any atom is 0.335 e. The van der Waals surface area contributed by atoms with Crippen LogP contribution < -0.4 is 4.90 Å². The summed E-state index contributed by atoms with van der Waals surface area (Å²) < 4.78 is 5.45. The van der Waals surface area contributed by atoms with Gasteiger partial charge in [-0.15, -0.1) is 0 Å². The van der Waals surface area contributed by atoms with Crippen molar-refractivity contribution in [3.8, 4) is 11.1 Å². The average molecular weight is 507 g/mol. The molecule has 0 aliphatic carbocycles. The van der Waals surface area contributed by atoms with E-state index in [1.165, 1.54) is 5.56 Å².